The molecule has 0 bridgehead atoms. The molecule has 0 saturated carbocycles. The zero-order chi connectivity index (χ0) is 18.4. The molecule has 2 rings (SSSR count). The Morgan fingerprint density at radius 2 is 1.76 bits per heavy atom. The van der Waals surface area contributed by atoms with Crippen molar-refractivity contribution in [3.05, 3.63) is 65.2 Å². The summed E-state index contributed by atoms with van der Waals surface area (Å²) in [6.07, 6.45) is -0.823. The molecule has 0 saturated heterocycles. The third kappa shape index (κ3) is 5.57. The van der Waals surface area contributed by atoms with Gasteiger partial charge in [0.25, 0.3) is 5.91 Å². The van der Waals surface area contributed by atoms with E-state index in [9.17, 15) is 14.4 Å². The summed E-state index contributed by atoms with van der Waals surface area (Å²) in [6, 6.07) is 14.2. The summed E-state index contributed by atoms with van der Waals surface area (Å²) in [5.41, 5.74) is 2.93. The van der Waals surface area contributed by atoms with Gasteiger partial charge in [-0.15, -0.1) is 0 Å². The van der Waals surface area contributed by atoms with Crippen molar-refractivity contribution in [1.29, 1.82) is 0 Å². The van der Waals surface area contributed by atoms with Gasteiger partial charge in [-0.3, -0.25) is 14.4 Å². The quantitative estimate of drug-likeness (QED) is 0.647. The van der Waals surface area contributed by atoms with Crippen LogP contribution in [0.2, 0.25) is 0 Å². The molecule has 2 aromatic rings. The van der Waals surface area contributed by atoms with Crippen molar-refractivity contribution in [3.8, 4) is 0 Å². The van der Waals surface area contributed by atoms with Gasteiger partial charge in [-0.05, 0) is 38.5 Å². The van der Waals surface area contributed by atoms with Crippen molar-refractivity contribution < 1.29 is 19.1 Å². The van der Waals surface area contributed by atoms with E-state index in [2.05, 4.69) is 5.32 Å². The molecule has 25 heavy (non-hydrogen) atoms. The second kappa shape index (κ2) is 8.24. The molecular weight excluding hydrogens is 318 g/mol. The van der Waals surface area contributed by atoms with E-state index < -0.39 is 18.0 Å². The third-order valence-electron chi connectivity index (χ3n) is 3.68. The molecule has 1 amide bonds. The number of aryl methyl sites for hydroxylation is 1. The van der Waals surface area contributed by atoms with Crippen LogP contribution < -0.4 is 5.32 Å². The second-order valence-corrected chi connectivity index (χ2v) is 5.92. The Labute approximate surface area is 147 Å². The Hall–Kier alpha value is -2.95. The standard InChI is InChI=1S/C20H21NO4/c1-13-7-9-16(10-8-13)11-19(23)25-15(3)20(24)21-18-6-4-5-17(12-18)14(2)22/h4-10,12,15H,11H2,1-3H3,(H,21,24). The predicted octanol–water partition coefficient (Wildman–Crippen LogP) is 3.31. The van der Waals surface area contributed by atoms with Gasteiger partial charge in [-0.2, -0.15) is 0 Å². The highest BCUT2D eigenvalue weighted by Crippen LogP contribution is 2.12. The van der Waals surface area contributed by atoms with E-state index in [-0.39, 0.29) is 12.2 Å². The van der Waals surface area contributed by atoms with Crippen molar-refractivity contribution in [2.24, 2.45) is 0 Å². The highest BCUT2D eigenvalue weighted by Gasteiger charge is 2.18. The van der Waals surface area contributed by atoms with Crippen LogP contribution in [0.3, 0.4) is 0 Å². The van der Waals surface area contributed by atoms with Crippen molar-refractivity contribution in [1.82, 2.24) is 0 Å². The number of ether oxygens (including phenoxy) is 1. The Balaban J connectivity index is 1.91. The SMILES string of the molecule is CC(=O)c1cccc(NC(=O)C(C)OC(=O)Cc2ccc(C)cc2)c1. The normalized spacial score (nSPS) is 11.5. The number of ketones is 1. The molecule has 0 spiro atoms. The molecule has 0 fully saturated rings. The van der Waals surface area contributed by atoms with Crippen LogP contribution in [0.15, 0.2) is 48.5 Å². The molecule has 1 unspecified atom stereocenters. The van der Waals surface area contributed by atoms with Crippen LogP contribution in [0, 0.1) is 6.92 Å². The fourth-order valence-corrected chi connectivity index (χ4v) is 2.22. The first-order valence-corrected chi connectivity index (χ1v) is 8.02. The van der Waals surface area contributed by atoms with Crippen molar-refractivity contribution >= 4 is 23.3 Å². The van der Waals surface area contributed by atoms with Gasteiger partial charge in [0.2, 0.25) is 0 Å². The third-order valence-corrected chi connectivity index (χ3v) is 3.68. The number of Topliss-reactive ketones (excluding diaryl/α,β-unsaturated/α-hetero) is 1. The van der Waals surface area contributed by atoms with E-state index in [0.717, 1.165) is 11.1 Å². The second-order valence-electron chi connectivity index (χ2n) is 5.92. The molecule has 130 valence electrons. The van der Waals surface area contributed by atoms with E-state index in [4.69, 9.17) is 4.74 Å². The minimum Gasteiger partial charge on any atom is -0.452 e. The molecule has 0 radical (unpaired) electrons. The van der Waals surface area contributed by atoms with E-state index in [1.165, 1.54) is 13.8 Å². The number of benzene rings is 2. The number of hydrogen-bond acceptors (Lipinski definition) is 4. The fourth-order valence-electron chi connectivity index (χ4n) is 2.22. The molecule has 2 aromatic carbocycles. The lowest BCUT2D eigenvalue weighted by molar-refractivity contribution is -0.152. The summed E-state index contributed by atoms with van der Waals surface area (Å²) < 4.78 is 5.18. The van der Waals surface area contributed by atoms with Crippen molar-refractivity contribution in [3.63, 3.8) is 0 Å². The summed E-state index contributed by atoms with van der Waals surface area (Å²) in [7, 11) is 0. The number of hydrogen-bond donors (Lipinski definition) is 1. The van der Waals surface area contributed by atoms with Gasteiger partial charge in [-0.1, -0.05) is 42.0 Å². The van der Waals surface area contributed by atoms with Gasteiger partial charge < -0.3 is 10.1 Å². The van der Waals surface area contributed by atoms with E-state index in [0.29, 0.717) is 11.3 Å². The average molecular weight is 339 g/mol. The van der Waals surface area contributed by atoms with Gasteiger partial charge in [0, 0.05) is 11.3 Å². The molecule has 1 N–H and O–H groups in total. The molecule has 0 aliphatic rings. The minimum absolute atomic E-state index is 0.0892. The topological polar surface area (TPSA) is 72.5 Å². The Morgan fingerprint density at radius 1 is 1.08 bits per heavy atom. The average Bonchev–Trinajstić information content (AvgIpc) is 2.57. The summed E-state index contributed by atoms with van der Waals surface area (Å²) >= 11 is 0. The number of anilines is 1. The molecule has 5 heteroatoms. The first-order chi connectivity index (χ1) is 11.8. The smallest absolute Gasteiger partial charge is 0.311 e. The maximum Gasteiger partial charge on any atom is 0.311 e. The van der Waals surface area contributed by atoms with E-state index in [1.807, 2.05) is 31.2 Å². The van der Waals surface area contributed by atoms with Gasteiger partial charge in [0.05, 0.1) is 6.42 Å². The molecule has 0 heterocycles. The van der Waals surface area contributed by atoms with Crippen LogP contribution in [0.4, 0.5) is 5.69 Å². The fraction of sp³-hybridized carbons (Fsp3) is 0.250. The molecule has 1 atom stereocenters. The predicted molar refractivity (Wildman–Crippen MR) is 95.5 cm³/mol. The molecule has 0 aliphatic heterocycles. The monoisotopic (exact) mass is 339 g/mol. The summed E-state index contributed by atoms with van der Waals surface area (Å²) in [4.78, 5) is 35.5. The Morgan fingerprint density at radius 3 is 2.40 bits per heavy atom. The van der Waals surface area contributed by atoms with Crippen LogP contribution in [-0.4, -0.2) is 23.8 Å². The van der Waals surface area contributed by atoms with Crippen molar-refractivity contribution in [2.75, 3.05) is 5.32 Å². The number of carbonyl (C=O) groups is 3. The number of esters is 1. The van der Waals surface area contributed by atoms with Crippen molar-refractivity contribution in [2.45, 2.75) is 33.3 Å². The first kappa shape index (κ1) is 18.4. The Bertz CT molecular complexity index is 781. The van der Waals surface area contributed by atoms with E-state index >= 15 is 0 Å². The highest BCUT2D eigenvalue weighted by atomic mass is 16.5. The summed E-state index contributed by atoms with van der Waals surface area (Å²) in [6.45, 7) is 4.93. The molecule has 0 aliphatic carbocycles. The zero-order valence-electron chi connectivity index (χ0n) is 14.5. The maximum absolute atomic E-state index is 12.2. The summed E-state index contributed by atoms with van der Waals surface area (Å²) in [5, 5.41) is 2.65. The van der Waals surface area contributed by atoms with Crippen LogP contribution in [-0.2, 0) is 20.7 Å². The lowest BCUT2D eigenvalue weighted by atomic mass is 10.1. The molecule has 0 aromatic heterocycles. The van der Waals surface area contributed by atoms with Gasteiger partial charge >= 0.3 is 5.97 Å². The number of nitrogens with one attached hydrogen (secondary N) is 1. The van der Waals surface area contributed by atoms with Crippen LogP contribution in [0.25, 0.3) is 0 Å². The molecular formula is C20H21NO4. The molecule has 5 nitrogen and oxygen atoms in total. The van der Waals surface area contributed by atoms with Crippen LogP contribution in [0.1, 0.15) is 35.3 Å². The summed E-state index contributed by atoms with van der Waals surface area (Å²) in [5.74, 6) is -1.00. The minimum atomic E-state index is -0.932. The first-order valence-electron chi connectivity index (χ1n) is 8.02. The largest absolute Gasteiger partial charge is 0.452 e. The van der Waals surface area contributed by atoms with Crippen LogP contribution in [0.5, 0.6) is 0 Å². The number of amides is 1. The van der Waals surface area contributed by atoms with E-state index in [1.54, 1.807) is 24.3 Å². The maximum atomic E-state index is 12.2. The van der Waals surface area contributed by atoms with Gasteiger partial charge in [0.15, 0.2) is 11.9 Å². The highest BCUT2D eigenvalue weighted by molar-refractivity contribution is 5.98. The van der Waals surface area contributed by atoms with Gasteiger partial charge in [-0.25, -0.2) is 0 Å². The zero-order valence-corrected chi connectivity index (χ0v) is 14.5. The lowest BCUT2D eigenvalue weighted by Crippen LogP contribution is -2.30. The van der Waals surface area contributed by atoms with Crippen LogP contribution >= 0.6 is 0 Å². The lowest BCUT2D eigenvalue weighted by Gasteiger charge is -2.14. The Kier molecular flexibility index (Phi) is 6.06. The number of rotatable bonds is 6. The van der Waals surface area contributed by atoms with Gasteiger partial charge in [0.1, 0.15) is 0 Å². The number of carbonyl (C=O) groups excluding carboxylic acids is 3.